The number of aliphatic hydroxyl groups is 1. The van der Waals surface area contributed by atoms with E-state index in [-0.39, 0.29) is 23.2 Å². The van der Waals surface area contributed by atoms with Crippen molar-refractivity contribution in [1.82, 2.24) is 0 Å². The molecule has 0 heterocycles. The third-order valence-electron chi connectivity index (χ3n) is 7.97. The van der Waals surface area contributed by atoms with Crippen molar-refractivity contribution in [2.24, 2.45) is 17.3 Å². The summed E-state index contributed by atoms with van der Waals surface area (Å²) < 4.78 is 7.45. The average Bonchev–Trinajstić information content (AvgIpc) is 2.77. The summed E-state index contributed by atoms with van der Waals surface area (Å²) in [4.78, 5) is 0. The minimum Gasteiger partial charge on any atom is -0.404 e. The Morgan fingerprint density at radius 1 is 1.00 bits per heavy atom. The molecule has 0 unspecified atom stereocenters. The van der Waals surface area contributed by atoms with Crippen LogP contribution >= 0.6 is 0 Å². The van der Waals surface area contributed by atoms with Gasteiger partial charge in [0.2, 0.25) is 0 Å². The highest BCUT2D eigenvalue weighted by atomic mass is 28.4. The molecular formula is C28H42O2Si. The lowest BCUT2D eigenvalue weighted by Crippen LogP contribution is -2.68. The minimum atomic E-state index is -2.52. The van der Waals surface area contributed by atoms with Crippen molar-refractivity contribution in [1.29, 1.82) is 0 Å². The van der Waals surface area contributed by atoms with Gasteiger partial charge in [-0.1, -0.05) is 109 Å². The van der Waals surface area contributed by atoms with Gasteiger partial charge in [-0.25, -0.2) is 0 Å². The van der Waals surface area contributed by atoms with Crippen molar-refractivity contribution in [2.45, 2.75) is 78.4 Å². The SMILES string of the molecule is C[C@H](CO)[C@H](C)[C@@]1(C)CCC[C@H](O[Si](c2ccccc2)(c2ccccc2)C(C)(C)C)C1. The number of aliphatic hydroxyl groups excluding tert-OH is 1. The zero-order valence-electron chi connectivity index (χ0n) is 20.4. The molecule has 1 saturated carbocycles. The van der Waals surface area contributed by atoms with E-state index in [1.807, 2.05) is 0 Å². The molecule has 4 atom stereocenters. The normalized spacial score (nSPS) is 24.5. The maximum absolute atomic E-state index is 9.78. The molecular weight excluding hydrogens is 396 g/mol. The Balaban J connectivity index is 2.03. The molecule has 0 amide bonds. The van der Waals surface area contributed by atoms with Crippen LogP contribution in [0.1, 0.15) is 67.2 Å². The van der Waals surface area contributed by atoms with E-state index in [2.05, 4.69) is 102 Å². The van der Waals surface area contributed by atoms with Gasteiger partial charge in [-0.05, 0) is 51.9 Å². The molecule has 0 aliphatic heterocycles. The largest absolute Gasteiger partial charge is 0.404 e. The topological polar surface area (TPSA) is 29.5 Å². The lowest BCUT2D eigenvalue weighted by Gasteiger charge is -2.50. The lowest BCUT2D eigenvalue weighted by molar-refractivity contribution is 0.00552. The van der Waals surface area contributed by atoms with Gasteiger partial charge >= 0.3 is 0 Å². The minimum absolute atomic E-state index is 0.00750. The molecule has 2 aromatic carbocycles. The standard InChI is InChI=1S/C28H42O2Si/c1-22(21-29)23(2)28(6)19-13-14-24(20-28)30-31(27(3,4)5,25-15-9-7-10-16-25)26-17-11-8-12-18-26/h7-12,15-18,22-24,29H,13-14,19-21H2,1-6H3/t22-,23+,24+,28+/m1/s1. The van der Waals surface area contributed by atoms with Crippen LogP contribution in [0.25, 0.3) is 0 Å². The molecule has 1 N–H and O–H groups in total. The van der Waals surface area contributed by atoms with Crippen LogP contribution in [-0.4, -0.2) is 26.1 Å². The molecule has 1 fully saturated rings. The van der Waals surface area contributed by atoms with Gasteiger partial charge in [-0.2, -0.15) is 0 Å². The molecule has 0 aromatic heterocycles. The van der Waals surface area contributed by atoms with Crippen LogP contribution in [-0.2, 0) is 4.43 Å². The Hall–Kier alpha value is -1.42. The maximum Gasteiger partial charge on any atom is 0.261 e. The first kappa shape index (κ1) is 24.2. The highest BCUT2D eigenvalue weighted by Crippen LogP contribution is 2.47. The zero-order valence-corrected chi connectivity index (χ0v) is 21.4. The van der Waals surface area contributed by atoms with Gasteiger partial charge < -0.3 is 9.53 Å². The average molecular weight is 439 g/mol. The van der Waals surface area contributed by atoms with Crippen LogP contribution in [0.2, 0.25) is 5.04 Å². The van der Waals surface area contributed by atoms with Crippen LogP contribution in [0.3, 0.4) is 0 Å². The van der Waals surface area contributed by atoms with Crippen molar-refractivity contribution in [2.75, 3.05) is 6.61 Å². The molecule has 170 valence electrons. The van der Waals surface area contributed by atoms with Gasteiger partial charge in [0, 0.05) is 12.7 Å². The summed E-state index contributed by atoms with van der Waals surface area (Å²) in [6, 6.07) is 22.0. The predicted octanol–water partition coefficient (Wildman–Crippen LogP) is 5.78. The Labute approximate surface area is 191 Å². The van der Waals surface area contributed by atoms with Crippen LogP contribution in [0.15, 0.2) is 60.7 Å². The molecule has 0 bridgehead atoms. The number of hydrogen-bond acceptors (Lipinski definition) is 2. The van der Waals surface area contributed by atoms with Crippen molar-refractivity contribution >= 4 is 18.7 Å². The Kier molecular flexibility index (Phi) is 7.50. The third-order valence-corrected chi connectivity index (χ3v) is 13.1. The molecule has 3 rings (SSSR count). The summed E-state index contributed by atoms with van der Waals surface area (Å²) in [7, 11) is -2.52. The monoisotopic (exact) mass is 438 g/mol. The summed E-state index contributed by atoms with van der Waals surface area (Å²) >= 11 is 0. The van der Waals surface area contributed by atoms with Crippen molar-refractivity contribution in [3.63, 3.8) is 0 Å². The van der Waals surface area contributed by atoms with Gasteiger partial charge in [0.25, 0.3) is 8.32 Å². The van der Waals surface area contributed by atoms with Crippen LogP contribution in [0.5, 0.6) is 0 Å². The molecule has 2 aromatic rings. The summed E-state index contributed by atoms with van der Waals surface area (Å²) in [5.74, 6) is 0.791. The maximum atomic E-state index is 9.78. The zero-order chi connectivity index (χ0) is 22.7. The summed E-state index contributed by atoms with van der Waals surface area (Å²) in [5.41, 5.74) is 0.205. The molecule has 3 heteroatoms. The fourth-order valence-corrected chi connectivity index (χ4v) is 10.5. The number of benzene rings is 2. The number of rotatable bonds is 7. The second-order valence-electron chi connectivity index (χ2n) is 11.1. The van der Waals surface area contributed by atoms with E-state index >= 15 is 0 Å². The summed E-state index contributed by atoms with van der Waals surface area (Å²) in [6.45, 7) is 14.3. The van der Waals surface area contributed by atoms with Crippen LogP contribution < -0.4 is 10.4 Å². The van der Waals surface area contributed by atoms with E-state index in [0.29, 0.717) is 11.8 Å². The molecule has 0 radical (unpaired) electrons. The molecule has 0 saturated heterocycles. The van der Waals surface area contributed by atoms with E-state index in [9.17, 15) is 5.11 Å². The van der Waals surface area contributed by atoms with Crippen LogP contribution in [0.4, 0.5) is 0 Å². The highest BCUT2D eigenvalue weighted by Gasteiger charge is 2.52. The highest BCUT2D eigenvalue weighted by molar-refractivity contribution is 6.99. The molecule has 1 aliphatic rings. The fraction of sp³-hybridized carbons (Fsp3) is 0.571. The lowest BCUT2D eigenvalue weighted by atomic mass is 9.63. The van der Waals surface area contributed by atoms with E-state index in [1.54, 1.807) is 0 Å². The van der Waals surface area contributed by atoms with E-state index in [1.165, 1.54) is 23.2 Å². The Morgan fingerprint density at radius 3 is 1.97 bits per heavy atom. The van der Waals surface area contributed by atoms with Gasteiger partial charge in [0.1, 0.15) is 0 Å². The first-order chi connectivity index (χ1) is 14.6. The first-order valence-corrected chi connectivity index (χ1v) is 13.9. The second-order valence-corrected chi connectivity index (χ2v) is 15.4. The van der Waals surface area contributed by atoms with Gasteiger partial charge in [0.15, 0.2) is 0 Å². The molecule has 0 spiro atoms. The predicted molar refractivity (Wildman–Crippen MR) is 134 cm³/mol. The van der Waals surface area contributed by atoms with E-state index in [0.717, 1.165) is 12.8 Å². The summed E-state index contributed by atoms with van der Waals surface area (Å²) in [5, 5.41) is 12.5. The third kappa shape index (κ3) is 4.84. The number of hydrogen-bond donors (Lipinski definition) is 1. The van der Waals surface area contributed by atoms with Gasteiger partial charge in [-0.3, -0.25) is 0 Å². The fourth-order valence-electron chi connectivity index (χ4n) is 5.76. The van der Waals surface area contributed by atoms with Crippen molar-refractivity contribution in [3.8, 4) is 0 Å². The Morgan fingerprint density at radius 2 is 1.52 bits per heavy atom. The van der Waals surface area contributed by atoms with Gasteiger partial charge in [-0.15, -0.1) is 0 Å². The molecule has 31 heavy (non-hydrogen) atoms. The second kappa shape index (κ2) is 9.60. The Bertz CT molecular complexity index is 774. The van der Waals surface area contributed by atoms with E-state index < -0.39 is 8.32 Å². The van der Waals surface area contributed by atoms with Crippen molar-refractivity contribution in [3.05, 3.63) is 60.7 Å². The van der Waals surface area contributed by atoms with Gasteiger partial charge in [0.05, 0.1) is 0 Å². The van der Waals surface area contributed by atoms with Crippen molar-refractivity contribution < 1.29 is 9.53 Å². The molecule has 1 aliphatic carbocycles. The quantitative estimate of drug-likeness (QED) is 0.556. The molecule has 2 nitrogen and oxygen atoms in total. The smallest absolute Gasteiger partial charge is 0.261 e. The summed E-state index contributed by atoms with van der Waals surface area (Å²) in [6.07, 6.45) is 4.86. The van der Waals surface area contributed by atoms with Crippen LogP contribution in [0, 0.1) is 17.3 Å². The van der Waals surface area contributed by atoms with E-state index in [4.69, 9.17) is 4.43 Å². The first-order valence-electron chi connectivity index (χ1n) is 12.0.